The molecule has 0 spiro atoms. The smallest absolute Gasteiger partial charge is 0.344 e. The van der Waals surface area contributed by atoms with E-state index in [1.54, 1.807) is 0 Å². The van der Waals surface area contributed by atoms with Gasteiger partial charge in [-0.2, -0.15) is 0 Å². The standard InChI is InChI=1S/C15H18O5/c1-2-12(16)19-7-13(17)20-15-10-4-8-3-9(6-10)14(18)11(15)5-8/h2,8-11,15H,1,3-7H2. The molecule has 0 radical (unpaired) electrons. The highest BCUT2D eigenvalue weighted by Gasteiger charge is 2.54. The molecular formula is C15H18O5. The molecule has 4 saturated carbocycles. The Hall–Kier alpha value is -1.65. The minimum Gasteiger partial charge on any atom is -0.459 e. The highest BCUT2D eigenvalue weighted by Crippen LogP contribution is 2.52. The summed E-state index contributed by atoms with van der Waals surface area (Å²) in [5.41, 5.74) is 0. The molecule has 0 heterocycles. The summed E-state index contributed by atoms with van der Waals surface area (Å²) in [6.07, 6.45) is 4.44. The van der Waals surface area contributed by atoms with Crippen LogP contribution in [0.4, 0.5) is 0 Å². The van der Waals surface area contributed by atoms with E-state index < -0.39 is 18.5 Å². The highest BCUT2D eigenvalue weighted by molar-refractivity contribution is 5.87. The molecule has 4 aliphatic carbocycles. The zero-order valence-corrected chi connectivity index (χ0v) is 11.2. The summed E-state index contributed by atoms with van der Waals surface area (Å²) in [6, 6.07) is 0. The largest absolute Gasteiger partial charge is 0.459 e. The van der Waals surface area contributed by atoms with Crippen molar-refractivity contribution in [1.82, 2.24) is 0 Å². The second kappa shape index (κ2) is 5.04. The maximum atomic E-state index is 12.2. The number of ketones is 1. The van der Waals surface area contributed by atoms with Crippen LogP contribution in [-0.2, 0) is 23.9 Å². The minimum absolute atomic E-state index is 0.134. The summed E-state index contributed by atoms with van der Waals surface area (Å²) in [6.45, 7) is 2.84. The van der Waals surface area contributed by atoms with E-state index in [4.69, 9.17) is 4.74 Å². The van der Waals surface area contributed by atoms with Crippen LogP contribution in [0.15, 0.2) is 12.7 Å². The lowest BCUT2D eigenvalue weighted by molar-refractivity contribution is -0.180. The van der Waals surface area contributed by atoms with Crippen LogP contribution in [0, 0.1) is 23.7 Å². The average molecular weight is 278 g/mol. The molecule has 5 nitrogen and oxygen atoms in total. The van der Waals surface area contributed by atoms with Gasteiger partial charge in [-0.1, -0.05) is 6.58 Å². The van der Waals surface area contributed by atoms with E-state index in [1.165, 1.54) is 0 Å². The second-order valence-corrected chi connectivity index (χ2v) is 6.04. The lowest BCUT2D eigenvalue weighted by Gasteiger charge is -2.52. The van der Waals surface area contributed by atoms with E-state index in [9.17, 15) is 14.4 Å². The molecule has 5 unspecified atom stereocenters. The molecule has 0 aromatic carbocycles. The number of carbonyl (C=O) groups is 3. The molecule has 20 heavy (non-hydrogen) atoms. The first-order chi connectivity index (χ1) is 9.58. The van der Waals surface area contributed by atoms with Crippen LogP contribution in [0.1, 0.15) is 25.7 Å². The fourth-order valence-electron chi connectivity index (χ4n) is 4.13. The van der Waals surface area contributed by atoms with Crippen molar-refractivity contribution < 1.29 is 23.9 Å². The molecule has 0 aromatic rings. The van der Waals surface area contributed by atoms with Crippen molar-refractivity contribution in [3.8, 4) is 0 Å². The van der Waals surface area contributed by atoms with Crippen molar-refractivity contribution in [2.75, 3.05) is 6.61 Å². The SMILES string of the molecule is C=CC(=O)OCC(=O)OC1C2CC3CC(C2)C(=O)C1C3. The summed E-state index contributed by atoms with van der Waals surface area (Å²) in [5, 5.41) is 0. The average Bonchev–Trinajstić information content (AvgIpc) is 2.44. The van der Waals surface area contributed by atoms with E-state index in [0.717, 1.165) is 31.8 Å². The predicted molar refractivity (Wildman–Crippen MR) is 68.5 cm³/mol. The Morgan fingerprint density at radius 1 is 1.25 bits per heavy atom. The number of Topliss-reactive ketones (excluding diaryl/α,β-unsaturated/α-hetero) is 1. The number of hydrogen-bond donors (Lipinski definition) is 0. The van der Waals surface area contributed by atoms with Gasteiger partial charge in [-0.15, -0.1) is 0 Å². The molecule has 4 fully saturated rings. The van der Waals surface area contributed by atoms with Crippen LogP contribution in [0.2, 0.25) is 0 Å². The first-order valence-corrected chi connectivity index (χ1v) is 7.11. The molecule has 5 heteroatoms. The Kier molecular flexibility index (Phi) is 3.36. The Labute approximate surface area is 117 Å². The molecule has 0 N–H and O–H groups in total. The number of carbonyl (C=O) groups excluding carboxylic acids is 3. The number of ether oxygens (including phenoxy) is 2. The first-order valence-electron chi connectivity index (χ1n) is 7.11. The van der Waals surface area contributed by atoms with Gasteiger partial charge in [0.25, 0.3) is 0 Å². The zero-order chi connectivity index (χ0) is 14.3. The summed E-state index contributed by atoms with van der Waals surface area (Å²) in [5.74, 6) is 0.00673. The maximum Gasteiger partial charge on any atom is 0.344 e. The van der Waals surface area contributed by atoms with Gasteiger partial charge < -0.3 is 9.47 Å². The second-order valence-electron chi connectivity index (χ2n) is 6.04. The normalized spacial score (nSPS) is 37.6. The lowest BCUT2D eigenvalue weighted by Crippen LogP contribution is -2.55. The van der Waals surface area contributed by atoms with E-state index >= 15 is 0 Å². The van der Waals surface area contributed by atoms with Crippen molar-refractivity contribution in [2.45, 2.75) is 31.8 Å². The monoisotopic (exact) mass is 278 g/mol. The maximum absolute atomic E-state index is 12.2. The van der Waals surface area contributed by atoms with Crippen LogP contribution < -0.4 is 0 Å². The van der Waals surface area contributed by atoms with E-state index in [0.29, 0.717) is 11.8 Å². The van der Waals surface area contributed by atoms with Crippen LogP contribution in [0.25, 0.3) is 0 Å². The van der Waals surface area contributed by atoms with Crippen LogP contribution in [-0.4, -0.2) is 30.4 Å². The number of rotatable bonds is 4. The summed E-state index contributed by atoms with van der Waals surface area (Å²) in [7, 11) is 0. The molecule has 0 aromatic heterocycles. The summed E-state index contributed by atoms with van der Waals surface area (Å²) >= 11 is 0. The van der Waals surface area contributed by atoms with Gasteiger partial charge >= 0.3 is 11.9 Å². The molecule has 108 valence electrons. The van der Waals surface area contributed by atoms with Gasteiger partial charge in [0.05, 0.1) is 5.92 Å². The topological polar surface area (TPSA) is 69.7 Å². The van der Waals surface area contributed by atoms with E-state index in [-0.39, 0.29) is 23.7 Å². The quantitative estimate of drug-likeness (QED) is 0.572. The van der Waals surface area contributed by atoms with Crippen LogP contribution in [0.3, 0.4) is 0 Å². The molecular weight excluding hydrogens is 260 g/mol. The molecule has 0 saturated heterocycles. The van der Waals surface area contributed by atoms with E-state index in [2.05, 4.69) is 11.3 Å². The Morgan fingerprint density at radius 2 is 2.05 bits per heavy atom. The van der Waals surface area contributed by atoms with Crippen LogP contribution in [0.5, 0.6) is 0 Å². The summed E-state index contributed by atoms with van der Waals surface area (Å²) < 4.78 is 10.1. The molecule has 5 atom stereocenters. The fraction of sp³-hybridized carbons (Fsp3) is 0.667. The summed E-state index contributed by atoms with van der Waals surface area (Å²) in [4.78, 5) is 34.8. The molecule has 0 aliphatic heterocycles. The third-order valence-electron chi connectivity index (χ3n) is 4.82. The number of hydrogen-bond acceptors (Lipinski definition) is 5. The van der Waals surface area contributed by atoms with Crippen molar-refractivity contribution in [2.24, 2.45) is 23.7 Å². The fourth-order valence-corrected chi connectivity index (χ4v) is 4.13. The van der Waals surface area contributed by atoms with E-state index in [1.807, 2.05) is 0 Å². The Bertz CT molecular complexity index is 469. The zero-order valence-electron chi connectivity index (χ0n) is 11.2. The van der Waals surface area contributed by atoms with Gasteiger partial charge in [-0.3, -0.25) is 4.79 Å². The Morgan fingerprint density at radius 3 is 2.80 bits per heavy atom. The number of esters is 2. The van der Waals surface area contributed by atoms with Crippen molar-refractivity contribution >= 4 is 17.7 Å². The molecule has 4 rings (SSSR count). The third kappa shape index (κ3) is 2.25. The van der Waals surface area contributed by atoms with Crippen LogP contribution >= 0.6 is 0 Å². The predicted octanol–water partition coefficient (Wildman–Crippen LogP) is 1.26. The van der Waals surface area contributed by atoms with Crippen molar-refractivity contribution in [1.29, 1.82) is 0 Å². The molecule has 0 amide bonds. The highest BCUT2D eigenvalue weighted by atomic mass is 16.6. The van der Waals surface area contributed by atoms with Crippen molar-refractivity contribution in [3.05, 3.63) is 12.7 Å². The first kappa shape index (κ1) is 13.3. The van der Waals surface area contributed by atoms with Crippen molar-refractivity contribution in [3.63, 3.8) is 0 Å². The molecule has 4 aliphatic rings. The van der Waals surface area contributed by atoms with Gasteiger partial charge in [-0.25, -0.2) is 9.59 Å². The Balaban J connectivity index is 1.60. The molecule has 4 bridgehead atoms. The lowest BCUT2D eigenvalue weighted by atomic mass is 9.54. The van der Waals surface area contributed by atoms with Gasteiger partial charge in [0.2, 0.25) is 0 Å². The van der Waals surface area contributed by atoms with Gasteiger partial charge in [0.15, 0.2) is 6.61 Å². The van der Waals surface area contributed by atoms with Gasteiger partial charge in [0.1, 0.15) is 11.9 Å². The van der Waals surface area contributed by atoms with Gasteiger partial charge in [0, 0.05) is 12.0 Å². The minimum atomic E-state index is -0.650. The third-order valence-corrected chi connectivity index (χ3v) is 4.82. The van der Waals surface area contributed by atoms with Gasteiger partial charge in [-0.05, 0) is 37.5 Å².